The first-order valence-electron chi connectivity index (χ1n) is 27.3. The van der Waals surface area contributed by atoms with Gasteiger partial charge >= 0.3 is 5.69 Å². The highest BCUT2D eigenvalue weighted by Gasteiger charge is 2.39. The molecule has 4 aromatic carbocycles. The molecule has 4 amide bonds. The number of fused-ring (bicyclic) bond motifs is 4. The molecule has 1 aromatic heterocycles. The molecule has 5 N–H and O–H groups in total. The van der Waals surface area contributed by atoms with Crippen LogP contribution in [0.15, 0.2) is 77.6 Å². The summed E-state index contributed by atoms with van der Waals surface area (Å²) in [5.41, 5.74) is 5.80. The van der Waals surface area contributed by atoms with E-state index in [0.29, 0.717) is 80.3 Å². The molecule has 0 spiro atoms. The molecule has 75 heavy (non-hydrogen) atoms. The van der Waals surface area contributed by atoms with Gasteiger partial charge in [-0.25, -0.2) is 4.79 Å². The Bertz CT molecular complexity index is 3120. The Kier molecular flexibility index (Phi) is 14.3. The lowest BCUT2D eigenvalue weighted by molar-refractivity contribution is -0.141. The summed E-state index contributed by atoms with van der Waals surface area (Å²) in [5, 5.41) is 27.0. The summed E-state index contributed by atoms with van der Waals surface area (Å²) in [7, 11) is 1.70. The summed E-state index contributed by atoms with van der Waals surface area (Å²) < 4.78 is 8.79. The van der Waals surface area contributed by atoms with Gasteiger partial charge in [-0.3, -0.25) is 33.6 Å². The SMILES string of the molecule is Cc1ccc(NC2CC3COCC(C2)N3)cc1C(=O)N[C@H](C)c1ccc(C#CC2CCN(CC3(O)CCN(C(=O)C4CCN(c5ccc6c(c5)n(C)c(=O)n6C5CCC(=O)NC5=O)CC4)CC3)CC2)c2ccccc12. The first kappa shape index (κ1) is 50.6. The van der Waals surface area contributed by atoms with Crippen molar-refractivity contribution in [1.29, 1.82) is 0 Å². The van der Waals surface area contributed by atoms with Gasteiger partial charge in [0.25, 0.3) is 5.91 Å². The molecule has 4 atom stereocenters. The van der Waals surface area contributed by atoms with Crippen LogP contribution in [0.1, 0.15) is 110 Å². The van der Waals surface area contributed by atoms with Crippen molar-refractivity contribution in [3.05, 3.63) is 106 Å². The highest BCUT2D eigenvalue weighted by Crippen LogP contribution is 2.33. The number of ether oxygens (including phenoxy) is 1. The zero-order valence-electron chi connectivity index (χ0n) is 43.5. The predicted octanol–water partition coefficient (Wildman–Crippen LogP) is 5.54. The predicted molar refractivity (Wildman–Crippen MR) is 290 cm³/mol. The van der Waals surface area contributed by atoms with Gasteiger partial charge < -0.3 is 40.5 Å². The lowest BCUT2D eigenvalue weighted by atomic mass is 9.87. The second kappa shape index (κ2) is 21.3. The van der Waals surface area contributed by atoms with E-state index < -0.39 is 17.6 Å². The number of carbonyl (C=O) groups excluding carboxylic acids is 4. The fourth-order valence-corrected chi connectivity index (χ4v) is 12.9. The van der Waals surface area contributed by atoms with Crippen LogP contribution in [0.2, 0.25) is 0 Å². The van der Waals surface area contributed by atoms with E-state index >= 15 is 0 Å². The minimum Gasteiger partial charge on any atom is -0.388 e. The van der Waals surface area contributed by atoms with E-state index in [-0.39, 0.29) is 54.1 Å². The number of anilines is 2. The molecule has 6 aliphatic heterocycles. The number of imidazole rings is 1. The van der Waals surface area contributed by atoms with Crippen LogP contribution in [0.4, 0.5) is 11.4 Å². The lowest BCUT2D eigenvalue weighted by Crippen LogP contribution is -2.56. The van der Waals surface area contributed by atoms with Crippen molar-refractivity contribution >= 4 is 56.8 Å². The first-order chi connectivity index (χ1) is 36.3. The molecule has 2 bridgehead atoms. The number of nitrogens with zero attached hydrogens (tertiary/aromatic N) is 5. The summed E-state index contributed by atoms with van der Waals surface area (Å²) in [6.45, 7) is 10.3. The zero-order valence-corrected chi connectivity index (χ0v) is 43.5. The Morgan fingerprint density at radius 3 is 2.32 bits per heavy atom. The Hall–Kier alpha value is -6.51. The normalized spacial score (nSPS) is 24.1. The molecule has 7 heterocycles. The molecule has 3 unspecified atom stereocenters. The second-order valence-electron chi connectivity index (χ2n) is 22.4. The van der Waals surface area contributed by atoms with Crippen LogP contribution < -0.4 is 31.9 Å². The van der Waals surface area contributed by atoms with Crippen LogP contribution in [-0.4, -0.2) is 130 Å². The Morgan fingerprint density at radius 2 is 1.59 bits per heavy atom. The minimum atomic E-state index is -0.839. The van der Waals surface area contributed by atoms with Crippen LogP contribution in [0.5, 0.6) is 0 Å². The molecular weight excluding hydrogens is 947 g/mol. The number of morpholine rings is 1. The number of carbonyl (C=O) groups is 4. The second-order valence-corrected chi connectivity index (χ2v) is 22.4. The number of aryl methyl sites for hydroxylation is 2. The standard InChI is InChI=1S/C59H71N9O7/c1-37-8-12-42(61-43-30-44-34-75-35-45(31-43)62-44)32-50(37)55(70)60-38(2)47-14-11-40(48-6-4-5-7-49(47)48)10-9-39-18-24-65(25-19-39)36-59(74)22-28-67(29-23-59)57(72)41-20-26-66(27-21-41)46-13-15-51-53(33-46)64(3)58(73)68(51)52-16-17-54(69)63-56(52)71/h4-8,11-15,32-33,38-39,41,43-45,52,61-62,74H,16-31,34-36H2,1-3H3,(H,60,70)(H,63,69,71)/t38-,43?,44?,45?,52?/m1/s1. The molecule has 0 radical (unpaired) electrons. The number of hydrogen-bond donors (Lipinski definition) is 5. The number of benzene rings is 4. The van der Waals surface area contributed by atoms with Crippen molar-refractivity contribution in [2.45, 2.75) is 114 Å². The molecule has 394 valence electrons. The van der Waals surface area contributed by atoms with E-state index in [9.17, 15) is 29.1 Å². The summed E-state index contributed by atoms with van der Waals surface area (Å²) in [5.74, 6) is 6.61. The monoisotopic (exact) mass is 1020 g/mol. The molecule has 6 aliphatic rings. The molecule has 0 saturated carbocycles. The third kappa shape index (κ3) is 10.7. The van der Waals surface area contributed by atoms with E-state index in [1.54, 1.807) is 11.6 Å². The van der Waals surface area contributed by atoms with Gasteiger partial charge in [0.05, 0.1) is 35.9 Å². The topological polar surface area (TPSA) is 183 Å². The largest absolute Gasteiger partial charge is 0.388 e. The molecule has 5 aromatic rings. The number of rotatable bonds is 10. The molecule has 11 rings (SSSR count). The number of amides is 4. The van der Waals surface area contributed by atoms with Gasteiger partial charge in [0, 0.05) is 98.7 Å². The maximum Gasteiger partial charge on any atom is 0.329 e. The van der Waals surface area contributed by atoms with Crippen LogP contribution in [0.3, 0.4) is 0 Å². The van der Waals surface area contributed by atoms with Crippen molar-refractivity contribution < 1.29 is 29.0 Å². The van der Waals surface area contributed by atoms with Gasteiger partial charge in [-0.2, -0.15) is 0 Å². The average Bonchev–Trinajstić information content (AvgIpc) is 3.66. The quantitative estimate of drug-likeness (QED) is 0.0877. The van der Waals surface area contributed by atoms with Gasteiger partial charge in [0.1, 0.15) is 6.04 Å². The minimum absolute atomic E-state index is 0.0798. The molecular formula is C59H71N9O7. The summed E-state index contributed by atoms with van der Waals surface area (Å²) in [6, 6.07) is 24.5. The first-order valence-corrected chi connectivity index (χ1v) is 27.3. The third-order valence-electron chi connectivity index (χ3n) is 17.2. The van der Waals surface area contributed by atoms with E-state index in [4.69, 9.17) is 4.74 Å². The molecule has 16 nitrogen and oxygen atoms in total. The van der Waals surface area contributed by atoms with Crippen molar-refractivity contribution in [2.75, 3.05) is 69.2 Å². The van der Waals surface area contributed by atoms with Gasteiger partial charge in [0.2, 0.25) is 17.7 Å². The van der Waals surface area contributed by atoms with E-state index in [1.807, 2.05) is 61.2 Å². The number of hydrogen-bond acceptors (Lipinski definition) is 11. The van der Waals surface area contributed by atoms with E-state index in [1.165, 1.54) is 4.57 Å². The molecule has 16 heteroatoms. The van der Waals surface area contributed by atoms with Crippen LogP contribution in [0, 0.1) is 30.6 Å². The smallest absolute Gasteiger partial charge is 0.329 e. The number of piperidine rings is 5. The number of aliphatic hydroxyl groups is 1. The number of nitrogens with one attached hydrogen (secondary N) is 4. The maximum absolute atomic E-state index is 13.9. The van der Waals surface area contributed by atoms with Gasteiger partial charge in [0.15, 0.2) is 0 Å². The van der Waals surface area contributed by atoms with Gasteiger partial charge in [-0.05, 0) is 143 Å². The van der Waals surface area contributed by atoms with Gasteiger partial charge in [-0.1, -0.05) is 48.2 Å². The molecule has 6 saturated heterocycles. The highest BCUT2D eigenvalue weighted by atomic mass is 16.5. The van der Waals surface area contributed by atoms with Crippen LogP contribution >= 0.6 is 0 Å². The average molecular weight is 1020 g/mol. The molecule has 0 aliphatic carbocycles. The Morgan fingerprint density at radius 1 is 0.853 bits per heavy atom. The number of aromatic nitrogens is 2. The number of β-amino-alcohol motifs (C(OH)–C–C–N with tert-alkyl or cyclic N) is 1. The fraction of sp³-hybridized carbons (Fsp3) is 0.508. The summed E-state index contributed by atoms with van der Waals surface area (Å²) >= 11 is 0. The van der Waals surface area contributed by atoms with Gasteiger partial charge in [-0.15, -0.1) is 0 Å². The van der Waals surface area contributed by atoms with Crippen LogP contribution in [0.25, 0.3) is 21.8 Å². The highest BCUT2D eigenvalue weighted by molar-refractivity contribution is 6.00. The molecule has 6 fully saturated rings. The Balaban J connectivity index is 0.641. The Labute approximate surface area is 438 Å². The van der Waals surface area contributed by atoms with Crippen molar-refractivity contribution in [2.24, 2.45) is 18.9 Å². The lowest BCUT2D eigenvalue weighted by Gasteiger charge is -2.43. The van der Waals surface area contributed by atoms with Crippen LogP contribution in [-0.2, 0) is 26.2 Å². The van der Waals surface area contributed by atoms with E-state index in [0.717, 1.165) is 104 Å². The van der Waals surface area contributed by atoms with E-state index in [2.05, 4.69) is 73.2 Å². The summed E-state index contributed by atoms with van der Waals surface area (Å²) in [4.78, 5) is 72.0. The fourth-order valence-electron chi connectivity index (χ4n) is 12.9. The number of imide groups is 1. The zero-order chi connectivity index (χ0) is 52.0. The van der Waals surface area contributed by atoms with Crippen molar-refractivity contribution in [1.82, 2.24) is 34.9 Å². The number of likely N-dealkylation sites (tertiary alicyclic amines) is 2. The van der Waals surface area contributed by atoms with Crippen molar-refractivity contribution in [3.8, 4) is 11.8 Å². The van der Waals surface area contributed by atoms with Crippen molar-refractivity contribution in [3.63, 3.8) is 0 Å². The third-order valence-corrected chi connectivity index (χ3v) is 17.2. The summed E-state index contributed by atoms with van der Waals surface area (Å²) in [6.07, 6.45) is 6.86. The maximum atomic E-state index is 13.9.